The van der Waals surface area contributed by atoms with Crippen LogP contribution in [0.25, 0.3) is 11.0 Å². The molecular formula is C24H26O4. The SMILES string of the molecule is CC[C@@H](C(=O)OCc1cc(=O)oc2cc(C)c(C(C)C)cc12)c1ccccc1. The molecule has 1 heterocycles. The maximum absolute atomic E-state index is 12.7. The second-order valence-corrected chi connectivity index (χ2v) is 7.43. The Kier molecular flexibility index (Phi) is 5.98. The Labute approximate surface area is 165 Å². The van der Waals surface area contributed by atoms with E-state index in [1.54, 1.807) is 0 Å². The fourth-order valence-corrected chi connectivity index (χ4v) is 3.61. The smallest absolute Gasteiger partial charge is 0.336 e. The molecule has 4 heteroatoms. The number of ether oxygens (including phenoxy) is 1. The molecule has 0 aliphatic carbocycles. The van der Waals surface area contributed by atoms with E-state index in [2.05, 4.69) is 13.8 Å². The van der Waals surface area contributed by atoms with Crippen molar-refractivity contribution in [2.75, 3.05) is 0 Å². The first-order valence-corrected chi connectivity index (χ1v) is 9.69. The summed E-state index contributed by atoms with van der Waals surface area (Å²) < 4.78 is 11.0. The Morgan fingerprint density at radius 2 is 1.82 bits per heavy atom. The van der Waals surface area contributed by atoms with Crippen LogP contribution in [0.15, 0.2) is 57.7 Å². The molecule has 146 valence electrons. The molecule has 3 aromatic rings. The number of rotatable bonds is 6. The number of hydrogen-bond acceptors (Lipinski definition) is 4. The molecule has 1 aromatic heterocycles. The topological polar surface area (TPSA) is 56.5 Å². The summed E-state index contributed by atoms with van der Waals surface area (Å²) >= 11 is 0. The van der Waals surface area contributed by atoms with E-state index in [0.717, 1.165) is 16.5 Å². The second-order valence-electron chi connectivity index (χ2n) is 7.43. The molecule has 0 unspecified atom stereocenters. The molecule has 0 aliphatic heterocycles. The molecule has 0 saturated carbocycles. The van der Waals surface area contributed by atoms with E-state index in [0.29, 0.717) is 23.5 Å². The summed E-state index contributed by atoms with van der Waals surface area (Å²) in [4.78, 5) is 24.7. The molecule has 0 radical (unpaired) electrons. The van der Waals surface area contributed by atoms with Crippen molar-refractivity contribution in [3.63, 3.8) is 0 Å². The Morgan fingerprint density at radius 1 is 1.11 bits per heavy atom. The summed E-state index contributed by atoms with van der Waals surface area (Å²) in [6.45, 7) is 8.26. The highest BCUT2D eigenvalue weighted by atomic mass is 16.5. The van der Waals surface area contributed by atoms with Crippen molar-refractivity contribution < 1.29 is 13.9 Å². The molecule has 0 spiro atoms. The van der Waals surface area contributed by atoms with Crippen molar-refractivity contribution in [2.45, 2.75) is 52.6 Å². The van der Waals surface area contributed by atoms with Crippen LogP contribution in [-0.2, 0) is 16.1 Å². The van der Waals surface area contributed by atoms with E-state index >= 15 is 0 Å². The zero-order valence-electron chi connectivity index (χ0n) is 16.8. The minimum atomic E-state index is -0.439. The third kappa shape index (κ3) is 4.16. The lowest BCUT2D eigenvalue weighted by molar-refractivity contribution is -0.146. The van der Waals surface area contributed by atoms with Crippen LogP contribution in [0.5, 0.6) is 0 Å². The van der Waals surface area contributed by atoms with Gasteiger partial charge in [-0.15, -0.1) is 0 Å². The third-order valence-electron chi connectivity index (χ3n) is 5.10. The predicted octanol–water partition coefficient (Wildman–Crippen LogP) is 5.46. The quantitative estimate of drug-likeness (QED) is 0.422. The summed E-state index contributed by atoms with van der Waals surface area (Å²) in [5, 5.41) is 0.814. The van der Waals surface area contributed by atoms with Crippen molar-refractivity contribution in [1.82, 2.24) is 0 Å². The zero-order valence-corrected chi connectivity index (χ0v) is 16.8. The van der Waals surface area contributed by atoms with Crippen molar-refractivity contribution in [1.29, 1.82) is 0 Å². The van der Waals surface area contributed by atoms with E-state index in [4.69, 9.17) is 9.15 Å². The minimum Gasteiger partial charge on any atom is -0.460 e. The first-order valence-electron chi connectivity index (χ1n) is 9.69. The predicted molar refractivity (Wildman–Crippen MR) is 111 cm³/mol. The van der Waals surface area contributed by atoms with Crippen LogP contribution in [-0.4, -0.2) is 5.97 Å². The molecule has 2 aromatic carbocycles. The van der Waals surface area contributed by atoms with Crippen molar-refractivity contribution in [3.05, 3.63) is 81.2 Å². The van der Waals surface area contributed by atoms with E-state index in [-0.39, 0.29) is 18.5 Å². The Morgan fingerprint density at radius 3 is 2.46 bits per heavy atom. The monoisotopic (exact) mass is 378 g/mol. The normalized spacial score (nSPS) is 12.3. The molecule has 1 atom stereocenters. The van der Waals surface area contributed by atoms with Gasteiger partial charge in [0.15, 0.2) is 0 Å². The van der Waals surface area contributed by atoms with Gasteiger partial charge in [-0.2, -0.15) is 0 Å². The van der Waals surface area contributed by atoms with Gasteiger partial charge in [0.25, 0.3) is 0 Å². The highest BCUT2D eigenvalue weighted by Crippen LogP contribution is 2.28. The molecule has 0 fully saturated rings. The van der Waals surface area contributed by atoms with Crippen molar-refractivity contribution >= 4 is 16.9 Å². The van der Waals surface area contributed by atoms with Crippen molar-refractivity contribution in [2.24, 2.45) is 0 Å². The van der Waals surface area contributed by atoms with Crippen LogP contribution in [0.1, 0.15) is 61.3 Å². The first-order chi connectivity index (χ1) is 13.4. The number of hydrogen-bond donors (Lipinski definition) is 0. The fourth-order valence-electron chi connectivity index (χ4n) is 3.61. The van der Waals surface area contributed by atoms with Crippen LogP contribution in [0, 0.1) is 6.92 Å². The molecule has 0 saturated heterocycles. The summed E-state index contributed by atoms with van der Waals surface area (Å²) in [5.41, 5.74) is 3.95. The van der Waals surface area contributed by atoms with Crippen LogP contribution >= 0.6 is 0 Å². The van der Waals surface area contributed by atoms with E-state index in [9.17, 15) is 9.59 Å². The standard InChI is InChI=1S/C24H26O4/c1-5-19(17-9-7-6-8-10-17)24(26)27-14-18-12-23(25)28-22-11-16(4)20(15(2)3)13-21(18)22/h6-13,15,19H,5,14H2,1-4H3/t19-/m1/s1. The lowest BCUT2D eigenvalue weighted by atomic mass is 9.95. The van der Waals surface area contributed by atoms with Crippen LogP contribution in [0.4, 0.5) is 0 Å². The minimum absolute atomic E-state index is 0.0465. The second kappa shape index (κ2) is 8.42. The van der Waals surface area contributed by atoms with Crippen LogP contribution < -0.4 is 5.63 Å². The summed E-state index contributed by atoms with van der Waals surface area (Å²) in [6, 6.07) is 14.9. The number of esters is 1. The molecule has 28 heavy (non-hydrogen) atoms. The third-order valence-corrected chi connectivity index (χ3v) is 5.10. The molecule has 3 rings (SSSR count). The van der Waals surface area contributed by atoms with E-state index in [1.807, 2.05) is 56.3 Å². The Bertz CT molecular complexity index is 1030. The highest BCUT2D eigenvalue weighted by molar-refractivity contribution is 5.83. The molecule has 0 aliphatic rings. The maximum Gasteiger partial charge on any atom is 0.336 e. The van der Waals surface area contributed by atoms with Gasteiger partial charge in [0.2, 0.25) is 0 Å². The van der Waals surface area contributed by atoms with Gasteiger partial charge in [0.05, 0.1) is 5.92 Å². The summed E-state index contributed by atoms with van der Waals surface area (Å²) in [6.07, 6.45) is 0.650. The van der Waals surface area contributed by atoms with Gasteiger partial charge < -0.3 is 9.15 Å². The molecular weight excluding hydrogens is 352 g/mol. The number of fused-ring (bicyclic) bond motifs is 1. The number of carbonyl (C=O) groups excluding carboxylic acids is 1. The molecule has 0 N–H and O–H groups in total. The zero-order chi connectivity index (χ0) is 20.3. The lowest BCUT2D eigenvalue weighted by Gasteiger charge is -2.16. The van der Waals surface area contributed by atoms with Gasteiger partial charge in [0.1, 0.15) is 12.2 Å². The van der Waals surface area contributed by atoms with E-state index < -0.39 is 5.63 Å². The largest absolute Gasteiger partial charge is 0.460 e. The lowest BCUT2D eigenvalue weighted by Crippen LogP contribution is -2.16. The maximum atomic E-state index is 12.7. The average Bonchev–Trinajstić information content (AvgIpc) is 2.66. The number of benzene rings is 2. The molecule has 0 bridgehead atoms. The van der Waals surface area contributed by atoms with Gasteiger partial charge in [-0.05, 0) is 48.1 Å². The number of carbonyl (C=O) groups is 1. The van der Waals surface area contributed by atoms with Gasteiger partial charge in [-0.3, -0.25) is 4.79 Å². The Hall–Kier alpha value is -2.88. The van der Waals surface area contributed by atoms with Crippen molar-refractivity contribution in [3.8, 4) is 0 Å². The summed E-state index contributed by atoms with van der Waals surface area (Å²) in [7, 11) is 0. The average molecular weight is 378 g/mol. The Balaban J connectivity index is 1.90. The van der Waals surface area contributed by atoms with Gasteiger partial charge in [0, 0.05) is 17.0 Å². The number of aryl methyl sites for hydroxylation is 1. The molecule has 4 nitrogen and oxygen atoms in total. The fraction of sp³-hybridized carbons (Fsp3) is 0.333. The van der Waals surface area contributed by atoms with E-state index in [1.165, 1.54) is 11.6 Å². The van der Waals surface area contributed by atoms with Crippen LogP contribution in [0.3, 0.4) is 0 Å². The highest BCUT2D eigenvalue weighted by Gasteiger charge is 2.21. The van der Waals surface area contributed by atoms with Gasteiger partial charge >= 0.3 is 11.6 Å². The van der Waals surface area contributed by atoms with Crippen LogP contribution in [0.2, 0.25) is 0 Å². The van der Waals surface area contributed by atoms with Gasteiger partial charge in [-0.1, -0.05) is 51.1 Å². The summed E-state index contributed by atoms with van der Waals surface area (Å²) in [5.74, 6) is -0.262. The molecule has 0 amide bonds. The van der Waals surface area contributed by atoms with Gasteiger partial charge in [-0.25, -0.2) is 4.79 Å². The first kappa shape index (κ1) is 19.9.